The molecule has 1 fully saturated rings. The van der Waals surface area contributed by atoms with Gasteiger partial charge in [-0.1, -0.05) is 37.6 Å². The minimum absolute atomic E-state index is 0.0393. The largest absolute Gasteiger partial charge is 0.383 e. The molecule has 5 aromatic rings. The maximum Gasteiger partial charge on any atom is 0.285 e. The van der Waals surface area contributed by atoms with Crippen molar-refractivity contribution in [3.05, 3.63) is 81.6 Å². The van der Waals surface area contributed by atoms with Crippen LogP contribution in [0.15, 0.2) is 59.8 Å². The molecule has 6 rings (SSSR count). The Morgan fingerprint density at radius 2 is 1.88 bits per heavy atom. The second kappa shape index (κ2) is 10.1. The summed E-state index contributed by atoms with van der Waals surface area (Å²) in [5.41, 5.74) is 8.64. The third kappa shape index (κ3) is 4.56. The van der Waals surface area contributed by atoms with E-state index < -0.39 is 11.5 Å². The number of halogens is 1. The molecule has 202 valence electrons. The summed E-state index contributed by atoms with van der Waals surface area (Å²) in [6, 6.07) is 11.8. The minimum Gasteiger partial charge on any atom is -0.383 e. The fourth-order valence-electron chi connectivity index (χ4n) is 4.33. The number of carbonyl (C=O) groups is 1. The molecule has 1 aliphatic heterocycles. The first-order chi connectivity index (χ1) is 19.3. The van der Waals surface area contributed by atoms with Crippen LogP contribution in [-0.4, -0.2) is 53.6 Å². The van der Waals surface area contributed by atoms with Gasteiger partial charge in [0.1, 0.15) is 29.4 Å². The van der Waals surface area contributed by atoms with Gasteiger partial charge in [0.15, 0.2) is 11.5 Å². The maximum atomic E-state index is 13.3. The number of nitrogens with zero attached hydrogens (tertiary/aromatic N) is 7. The van der Waals surface area contributed by atoms with Gasteiger partial charge < -0.3 is 15.8 Å². The summed E-state index contributed by atoms with van der Waals surface area (Å²) in [5, 5.41) is 13.1. The number of pyridine rings is 1. The van der Waals surface area contributed by atoms with Crippen molar-refractivity contribution in [2.24, 2.45) is 0 Å². The number of amides is 1. The van der Waals surface area contributed by atoms with E-state index in [0.29, 0.717) is 52.2 Å². The van der Waals surface area contributed by atoms with Crippen molar-refractivity contribution in [3.8, 4) is 17.1 Å². The Bertz CT molecular complexity index is 1790. The quantitative estimate of drug-likeness (QED) is 0.318. The molecule has 0 atom stereocenters. The summed E-state index contributed by atoms with van der Waals surface area (Å²) >= 11 is 5.95. The molecule has 1 aliphatic rings. The molecule has 13 heteroatoms. The Morgan fingerprint density at radius 1 is 1.10 bits per heavy atom. The van der Waals surface area contributed by atoms with Crippen molar-refractivity contribution >= 4 is 40.0 Å². The Balaban J connectivity index is 1.31. The van der Waals surface area contributed by atoms with Crippen LogP contribution in [-0.2, 0) is 4.74 Å². The third-order valence-electron chi connectivity index (χ3n) is 6.60. The zero-order chi connectivity index (χ0) is 28.0. The van der Waals surface area contributed by atoms with Gasteiger partial charge >= 0.3 is 0 Å². The van der Waals surface area contributed by atoms with Gasteiger partial charge in [0.25, 0.3) is 11.5 Å². The number of rotatable bonds is 6. The minimum atomic E-state index is -0.596. The number of anilines is 2. The van der Waals surface area contributed by atoms with Gasteiger partial charge in [-0.3, -0.25) is 9.59 Å². The number of fused-ring (bicyclic) bond motifs is 1. The van der Waals surface area contributed by atoms with Crippen LogP contribution in [0, 0.1) is 0 Å². The van der Waals surface area contributed by atoms with Crippen LogP contribution >= 0.6 is 11.6 Å². The summed E-state index contributed by atoms with van der Waals surface area (Å²) in [6.45, 7) is 4.95. The van der Waals surface area contributed by atoms with Crippen molar-refractivity contribution in [3.63, 3.8) is 0 Å². The Labute approximate surface area is 232 Å². The molecular weight excluding hydrogens is 534 g/mol. The number of ether oxygens (including phenoxy) is 1. The summed E-state index contributed by atoms with van der Waals surface area (Å²) in [5.74, 6) is -0.0164. The Morgan fingerprint density at radius 3 is 2.52 bits per heavy atom. The first-order valence-electron chi connectivity index (χ1n) is 12.5. The van der Waals surface area contributed by atoms with E-state index in [0.717, 1.165) is 10.2 Å². The molecule has 4 aromatic heterocycles. The van der Waals surface area contributed by atoms with Gasteiger partial charge in [-0.25, -0.2) is 19.6 Å². The van der Waals surface area contributed by atoms with Crippen LogP contribution in [0.25, 0.3) is 28.1 Å². The Hall–Kier alpha value is -4.68. The number of hydrogen-bond donors (Lipinski definition) is 2. The van der Waals surface area contributed by atoms with Gasteiger partial charge in [0.2, 0.25) is 0 Å². The number of nitrogen functional groups attached to an aromatic ring is 1. The monoisotopic (exact) mass is 557 g/mol. The van der Waals surface area contributed by atoms with Crippen molar-refractivity contribution < 1.29 is 9.53 Å². The average molecular weight is 558 g/mol. The zero-order valence-electron chi connectivity index (χ0n) is 21.6. The highest BCUT2D eigenvalue weighted by atomic mass is 35.5. The predicted octanol–water partition coefficient (Wildman–Crippen LogP) is 3.62. The second-order valence-corrected chi connectivity index (χ2v) is 10.1. The molecule has 40 heavy (non-hydrogen) atoms. The van der Waals surface area contributed by atoms with Crippen molar-refractivity contribution in [1.82, 2.24) is 34.5 Å². The van der Waals surface area contributed by atoms with Crippen LogP contribution < -0.4 is 16.6 Å². The molecule has 0 spiro atoms. The maximum absolute atomic E-state index is 13.3. The summed E-state index contributed by atoms with van der Waals surface area (Å²) < 4.78 is 8.26. The van der Waals surface area contributed by atoms with E-state index in [2.05, 4.69) is 25.4 Å². The molecule has 0 saturated carbocycles. The van der Waals surface area contributed by atoms with Crippen LogP contribution in [0.2, 0.25) is 5.02 Å². The van der Waals surface area contributed by atoms with Gasteiger partial charge in [0.05, 0.1) is 29.3 Å². The Kier molecular flexibility index (Phi) is 6.48. The lowest BCUT2D eigenvalue weighted by Crippen LogP contribution is -2.31. The van der Waals surface area contributed by atoms with E-state index in [9.17, 15) is 9.59 Å². The van der Waals surface area contributed by atoms with Crippen LogP contribution in [0.4, 0.5) is 11.5 Å². The number of carbonyl (C=O) groups excluding carboxylic acids is 1. The third-order valence-corrected chi connectivity index (χ3v) is 6.82. The molecule has 5 heterocycles. The fourth-order valence-corrected chi connectivity index (χ4v) is 4.45. The zero-order valence-corrected chi connectivity index (χ0v) is 22.3. The molecule has 0 radical (unpaired) electrons. The SMILES string of the molecule is CC(C)c1cc(C(=O)Nc2ccc(-c3nn(C4COC4)c4ncnc(N)c34)cc2)c(=O)n(-c2ccc(Cl)cn2)n1. The summed E-state index contributed by atoms with van der Waals surface area (Å²) in [7, 11) is 0. The van der Waals surface area contributed by atoms with E-state index in [1.807, 2.05) is 30.7 Å². The molecule has 3 N–H and O–H groups in total. The number of aromatic nitrogens is 7. The lowest BCUT2D eigenvalue weighted by molar-refractivity contribution is -0.0268. The predicted molar refractivity (Wildman–Crippen MR) is 150 cm³/mol. The molecule has 0 aliphatic carbocycles. The summed E-state index contributed by atoms with van der Waals surface area (Å²) in [4.78, 5) is 39.3. The van der Waals surface area contributed by atoms with E-state index in [4.69, 9.17) is 27.2 Å². The number of nitrogens with one attached hydrogen (secondary N) is 1. The van der Waals surface area contributed by atoms with Crippen LogP contribution in [0.5, 0.6) is 0 Å². The molecular formula is C27H24ClN9O3. The topological polar surface area (TPSA) is 156 Å². The molecule has 12 nitrogen and oxygen atoms in total. The number of hydrogen-bond acceptors (Lipinski definition) is 9. The van der Waals surface area contributed by atoms with E-state index in [1.54, 1.807) is 24.3 Å². The van der Waals surface area contributed by atoms with Gasteiger partial charge in [-0.05, 0) is 36.2 Å². The smallest absolute Gasteiger partial charge is 0.285 e. The van der Waals surface area contributed by atoms with E-state index >= 15 is 0 Å². The molecule has 0 bridgehead atoms. The first-order valence-corrected chi connectivity index (χ1v) is 12.9. The summed E-state index contributed by atoms with van der Waals surface area (Å²) in [6.07, 6.45) is 2.83. The molecule has 0 unspecified atom stereocenters. The fraction of sp³-hybridized carbons (Fsp3) is 0.222. The van der Waals surface area contributed by atoms with Gasteiger partial charge in [0, 0.05) is 17.4 Å². The number of nitrogens with two attached hydrogens (primary N) is 1. The standard InChI is InChI=1S/C27H24ClN9O3/c1-14(2)20-9-19(27(39)37(34-20)21-8-5-16(28)10-30-21)26(38)33-17-6-3-15(4-7-17)23-22-24(29)31-13-32-25(22)36(35-23)18-11-40-12-18/h3-10,13-14,18H,11-12H2,1-2H3,(H,33,38)(H2,29,31,32). The highest BCUT2D eigenvalue weighted by molar-refractivity contribution is 6.30. The first kappa shape index (κ1) is 25.6. The highest BCUT2D eigenvalue weighted by Gasteiger charge is 2.27. The van der Waals surface area contributed by atoms with Crippen LogP contribution in [0.3, 0.4) is 0 Å². The van der Waals surface area contributed by atoms with Gasteiger partial charge in [-0.15, -0.1) is 0 Å². The van der Waals surface area contributed by atoms with Crippen LogP contribution in [0.1, 0.15) is 41.9 Å². The van der Waals surface area contributed by atoms with E-state index in [-0.39, 0.29) is 23.3 Å². The van der Waals surface area contributed by atoms with Crippen molar-refractivity contribution in [1.29, 1.82) is 0 Å². The van der Waals surface area contributed by atoms with Crippen molar-refractivity contribution in [2.75, 3.05) is 24.3 Å². The molecule has 1 amide bonds. The average Bonchev–Trinajstić information content (AvgIpc) is 3.29. The molecule has 1 saturated heterocycles. The molecule has 1 aromatic carbocycles. The lowest BCUT2D eigenvalue weighted by Gasteiger charge is -2.26. The highest BCUT2D eigenvalue weighted by Crippen LogP contribution is 2.33. The van der Waals surface area contributed by atoms with Gasteiger partial charge in [-0.2, -0.15) is 14.9 Å². The second-order valence-electron chi connectivity index (χ2n) is 9.66. The lowest BCUT2D eigenvalue weighted by atomic mass is 10.1. The van der Waals surface area contributed by atoms with E-state index in [1.165, 1.54) is 18.6 Å². The normalized spacial score (nSPS) is 13.5. The number of benzene rings is 1. The van der Waals surface area contributed by atoms with Crippen molar-refractivity contribution in [2.45, 2.75) is 25.8 Å².